The maximum atomic E-state index is 13.0. The molecule has 2 aromatic rings. The number of benzene rings is 1. The van der Waals surface area contributed by atoms with Gasteiger partial charge in [0.25, 0.3) is 0 Å². The Bertz CT molecular complexity index is 607. The number of carbonyl (C=O) groups excluding carboxylic acids is 1. The minimum Gasteiger partial charge on any atom is -0.294 e. The fraction of sp³-hybridized carbons (Fsp3) is 0.231. The summed E-state index contributed by atoms with van der Waals surface area (Å²) in [6.07, 6.45) is 1.87. The lowest BCUT2D eigenvalue weighted by Gasteiger charge is -2.01. The van der Waals surface area contributed by atoms with Gasteiger partial charge in [-0.2, -0.15) is 5.10 Å². The van der Waals surface area contributed by atoms with Crippen molar-refractivity contribution in [3.63, 3.8) is 0 Å². The van der Waals surface area contributed by atoms with E-state index in [1.807, 2.05) is 0 Å². The first-order valence-corrected chi connectivity index (χ1v) is 5.82. The maximum Gasteiger partial charge on any atom is 0.170 e. The number of halogens is 2. The number of aromatic nitrogens is 2. The number of rotatable bonds is 3. The van der Waals surface area contributed by atoms with Crippen LogP contribution in [0.5, 0.6) is 0 Å². The van der Waals surface area contributed by atoms with Gasteiger partial charge in [-0.3, -0.25) is 9.48 Å². The minimum atomic E-state index is -0.481. The molecule has 18 heavy (non-hydrogen) atoms. The van der Waals surface area contributed by atoms with Crippen molar-refractivity contribution in [3.05, 3.63) is 52.1 Å². The van der Waals surface area contributed by atoms with Gasteiger partial charge in [0, 0.05) is 19.7 Å². The van der Waals surface area contributed by atoms with Crippen molar-refractivity contribution in [2.45, 2.75) is 13.3 Å². The van der Waals surface area contributed by atoms with Gasteiger partial charge in [0.2, 0.25) is 0 Å². The van der Waals surface area contributed by atoms with E-state index in [2.05, 4.69) is 5.10 Å². The van der Waals surface area contributed by atoms with Crippen LogP contribution in [0.25, 0.3) is 0 Å². The Balaban J connectivity index is 2.21. The van der Waals surface area contributed by atoms with Crippen molar-refractivity contribution in [2.24, 2.45) is 7.05 Å². The Hall–Kier alpha value is -1.68. The molecule has 94 valence electrons. The summed E-state index contributed by atoms with van der Waals surface area (Å²) in [6.45, 7) is 1.78. The highest BCUT2D eigenvalue weighted by molar-refractivity contribution is 6.30. The van der Waals surface area contributed by atoms with Crippen LogP contribution < -0.4 is 0 Å². The van der Waals surface area contributed by atoms with Crippen molar-refractivity contribution in [1.82, 2.24) is 9.78 Å². The van der Waals surface area contributed by atoms with E-state index >= 15 is 0 Å². The Morgan fingerprint density at radius 1 is 1.50 bits per heavy atom. The Labute approximate surface area is 109 Å². The fourth-order valence-corrected chi connectivity index (χ4v) is 2.01. The molecule has 5 heteroatoms. The summed E-state index contributed by atoms with van der Waals surface area (Å²) in [6, 6.07) is 4.30. The number of aryl methyl sites for hydroxylation is 2. The first kappa shape index (κ1) is 12.8. The third-order valence-corrected chi connectivity index (χ3v) is 2.95. The predicted octanol–water partition coefficient (Wildman–Crippen LogP) is 2.95. The van der Waals surface area contributed by atoms with Gasteiger partial charge in [0.15, 0.2) is 5.78 Å². The summed E-state index contributed by atoms with van der Waals surface area (Å²) in [5, 5.41) is 4.15. The van der Waals surface area contributed by atoms with Crippen molar-refractivity contribution in [3.8, 4) is 0 Å². The zero-order chi connectivity index (χ0) is 13.3. The summed E-state index contributed by atoms with van der Waals surface area (Å²) in [5.41, 5.74) is 1.96. The molecular weight excluding hydrogens is 255 g/mol. The summed E-state index contributed by atoms with van der Waals surface area (Å²) in [7, 11) is 1.76. The summed E-state index contributed by atoms with van der Waals surface area (Å²) >= 11 is 5.68. The molecule has 2 rings (SSSR count). The lowest BCUT2D eigenvalue weighted by atomic mass is 10.0. The summed E-state index contributed by atoms with van der Waals surface area (Å²) < 4.78 is 14.6. The highest BCUT2D eigenvalue weighted by Gasteiger charge is 2.13. The molecule has 0 spiro atoms. The molecule has 3 nitrogen and oxygen atoms in total. The van der Waals surface area contributed by atoms with Crippen LogP contribution in [0.1, 0.15) is 21.6 Å². The van der Waals surface area contributed by atoms with Gasteiger partial charge in [-0.15, -0.1) is 0 Å². The molecule has 0 bridgehead atoms. The zero-order valence-electron chi connectivity index (χ0n) is 10.1. The zero-order valence-corrected chi connectivity index (χ0v) is 10.8. The maximum absolute atomic E-state index is 13.0. The molecular formula is C13H12ClFN2O. The van der Waals surface area contributed by atoms with E-state index in [-0.39, 0.29) is 17.2 Å². The Morgan fingerprint density at radius 2 is 2.22 bits per heavy atom. The van der Waals surface area contributed by atoms with Crippen LogP contribution in [0.15, 0.2) is 24.4 Å². The van der Waals surface area contributed by atoms with E-state index < -0.39 is 5.82 Å². The molecule has 0 saturated carbocycles. The van der Waals surface area contributed by atoms with E-state index in [4.69, 9.17) is 11.6 Å². The normalized spacial score (nSPS) is 10.7. The van der Waals surface area contributed by atoms with E-state index in [0.29, 0.717) is 16.8 Å². The van der Waals surface area contributed by atoms with Crippen LogP contribution in [0.4, 0.5) is 4.39 Å². The van der Waals surface area contributed by atoms with E-state index in [0.717, 1.165) is 0 Å². The van der Waals surface area contributed by atoms with E-state index in [9.17, 15) is 9.18 Å². The van der Waals surface area contributed by atoms with Gasteiger partial charge in [-0.1, -0.05) is 17.7 Å². The number of ketones is 1. The third kappa shape index (κ3) is 2.59. The topological polar surface area (TPSA) is 34.9 Å². The smallest absolute Gasteiger partial charge is 0.170 e. The first-order valence-electron chi connectivity index (χ1n) is 5.44. The first-order chi connectivity index (χ1) is 8.47. The molecule has 0 N–H and O–H groups in total. The second kappa shape index (κ2) is 4.90. The number of hydrogen-bond donors (Lipinski definition) is 0. The lowest BCUT2D eigenvalue weighted by molar-refractivity contribution is 0.0992. The minimum absolute atomic E-state index is 0.0307. The molecule has 1 heterocycles. The fourth-order valence-electron chi connectivity index (χ4n) is 1.80. The number of Topliss-reactive ketones (excluding diaryl/α,β-unsaturated/α-hetero) is 1. The molecule has 0 saturated heterocycles. The predicted molar refractivity (Wildman–Crippen MR) is 67.4 cm³/mol. The molecule has 0 aliphatic rings. The second-order valence-corrected chi connectivity index (χ2v) is 4.56. The highest BCUT2D eigenvalue weighted by atomic mass is 35.5. The molecule has 1 aromatic heterocycles. The van der Waals surface area contributed by atoms with Crippen LogP contribution in [-0.4, -0.2) is 15.6 Å². The summed E-state index contributed by atoms with van der Waals surface area (Å²) in [4.78, 5) is 12.1. The molecule has 0 aliphatic heterocycles. The van der Waals surface area contributed by atoms with Crippen LogP contribution in [-0.2, 0) is 13.5 Å². The van der Waals surface area contributed by atoms with E-state index in [1.54, 1.807) is 30.9 Å². The lowest BCUT2D eigenvalue weighted by Crippen LogP contribution is -2.04. The quantitative estimate of drug-likeness (QED) is 0.801. The van der Waals surface area contributed by atoms with E-state index in [1.165, 1.54) is 12.1 Å². The van der Waals surface area contributed by atoms with Crippen molar-refractivity contribution < 1.29 is 9.18 Å². The second-order valence-electron chi connectivity index (χ2n) is 4.15. The molecule has 0 atom stereocenters. The van der Waals surface area contributed by atoms with Gasteiger partial charge < -0.3 is 0 Å². The number of carbonyl (C=O) groups is 1. The van der Waals surface area contributed by atoms with Gasteiger partial charge in [-0.05, 0) is 24.6 Å². The Kier molecular flexibility index (Phi) is 3.48. The van der Waals surface area contributed by atoms with Gasteiger partial charge in [0.1, 0.15) is 5.82 Å². The van der Waals surface area contributed by atoms with Crippen molar-refractivity contribution in [1.29, 1.82) is 0 Å². The molecule has 0 amide bonds. The highest BCUT2D eigenvalue weighted by Crippen LogP contribution is 2.18. The van der Waals surface area contributed by atoms with Crippen LogP contribution >= 0.6 is 11.6 Å². The molecule has 1 aromatic carbocycles. The monoisotopic (exact) mass is 266 g/mol. The molecule has 0 radical (unpaired) electrons. The van der Waals surface area contributed by atoms with Crippen LogP contribution in [0.2, 0.25) is 5.02 Å². The SMILES string of the molecule is Cc1nn(C)cc1C(=O)Cc1ccc(F)c(Cl)c1. The van der Waals surface area contributed by atoms with Crippen molar-refractivity contribution in [2.75, 3.05) is 0 Å². The van der Waals surface area contributed by atoms with Crippen LogP contribution in [0.3, 0.4) is 0 Å². The molecule has 0 unspecified atom stereocenters. The number of hydrogen-bond acceptors (Lipinski definition) is 2. The third-order valence-electron chi connectivity index (χ3n) is 2.66. The average Bonchev–Trinajstić information content (AvgIpc) is 2.63. The Morgan fingerprint density at radius 3 is 2.78 bits per heavy atom. The molecule has 0 fully saturated rings. The molecule has 0 aliphatic carbocycles. The largest absolute Gasteiger partial charge is 0.294 e. The van der Waals surface area contributed by atoms with Gasteiger partial charge >= 0.3 is 0 Å². The standard InChI is InChI=1S/C13H12ClFN2O/c1-8-10(7-17(2)16-8)13(18)6-9-3-4-12(15)11(14)5-9/h3-5,7H,6H2,1-2H3. The average molecular weight is 267 g/mol. The van der Waals surface area contributed by atoms with Gasteiger partial charge in [-0.25, -0.2) is 4.39 Å². The number of nitrogens with zero attached hydrogens (tertiary/aromatic N) is 2. The van der Waals surface area contributed by atoms with Gasteiger partial charge in [0.05, 0.1) is 16.3 Å². The summed E-state index contributed by atoms with van der Waals surface area (Å²) in [5.74, 6) is -0.534. The van der Waals surface area contributed by atoms with Crippen molar-refractivity contribution >= 4 is 17.4 Å². The van der Waals surface area contributed by atoms with Crippen LogP contribution in [0, 0.1) is 12.7 Å².